The molecule has 1 unspecified atom stereocenters. The molecule has 0 spiro atoms. The van der Waals surface area contributed by atoms with E-state index in [1.807, 2.05) is 4.72 Å². The van der Waals surface area contributed by atoms with E-state index in [1.54, 1.807) is 0 Å². The van der Waals surface area contributed by atoms with Crippen molar-refractivity contribution < 1.29 is 26.7 Å². The normalized spacial score (nSPS) is 13.1. The number of esters is 1. The van der Waals surface area contributed by atoms with Gasteiger partial charge in [-0.25, -0.2) is 21.9 Å². The Morgan fingerprint density at radius 1 is 1.47 bits per heavy atom. The molecule has 1 rings (SSSR count). The van der Waals surface area contributed by atoms with Gasteiger partial charge in [0.25, 0.3) is 0 Å². The highest BCUT2D eigenvalue weighted by molar-refractivity contribution is 7.89. The zero-order valence-corrected chi connectivity index (χ0v) is 11.3. The summed E-state index contributed by atoms with van der Waals surface area (Å²) in [6, 6.07) is 1.99. The van der Waals surface area contributed by atoms with Crippen molar-refractivity contribution in [1.29, 1.82) is 0 Å². The van der Waals surface area contributed by atoms with E-state index >= 15 is 0 Å². The Kier molecular flexibility index (Phi) is 5.21. The Morgan fingerprint density at radius 2 is 2.11 bits per heavy atom. The minimum atomic E-state index is -4.31. The van der Waals surface area contributed by atoms with E-state index in [-0.39, 0.29) is 0 Å². The highest BCUT2D eigenvalue weighted by Crippen LogP contribution is 2.15. The van der Waals surface area contributed by atoms with Crippen LogP contribution in [0.2, 0.25) is 0 Å². The average molecular weight is 314 g/mol. The van der Waals surface area contributed by atoms with Crippen LogP contribution >= 0.6 is 11.6 Å². The maximum atomic E-state index is 13.3. The van der Waals surface area contributed by atoms with Crippen LogP contribution in [-0.2, 0) is 19.6 Å². The highest BCUT2D eigenvalue weighted by atomic mass is 35.5. The van der Waals surface area contributed by atoms with Crippen molar-refractivity contribution in [2.75, 3.05) is 13.7 Å². The van der Waals surface area contributed by atoms with Gasteiger partial charge in [0.2, 0.25) is 10.0 Å². The third-order valence-electron chi connectivity index (χ3n) is 2.09. The summed E-state index contributed by atoms with van der Waals surface area (Å²) in [5.41, 5.74) is 0. The number of methoxy groups -OCH3 is 1. The molecule has 0 saturated carbocycles. The average Bonchev–Trinajstić information content (AvgIpc) is 2.37. The molecule has 1 aromatic carbocycles. The first-order valence-corrected chi connectivity index (χ1v) is 6.86. The lowest BCUT2D eigenvalue weighted by molar-refractivity contribution is -0.140. The van der Waals surface area contributed by atoms with Crippen molar-refractivity contribution in [2.24, 2.45) is 0 Å². The number of rotatable bonds is 5. The standard InChI is InChI=1S/C10H10ClF2NO4S/c1-18-10(15)7(11)5-14-19(16,17)9-4-6(12)2-3-8(9)13/h2-4,7,14H,5H2,1H3. The van der Waals surface area contributed by atoms with Crippen molar-refractivity contribution in [3.8, 4) is 0 Å². The fraction of sp³-hybridized carbons (Fsp3) is 0.300. The first-order valence-electron chi connectivity index (χ1n) is 4.94. The van der Waals surface area contributed by atoms with Crippen LogP contribution in [0.1, 0.15) is 0 Å². The Hall–Kier alpha value is -1.25. The summed E-state index contributed by atoms with van der Waals surface area (Å²) in [6.45, 7) is -0.507. The second kappa shape index (κ2) is 6.27. The van der Waals surface area contributed by atoms with Crippen LogP contribution < -0.4 is 4.72 Å². The molecule has 0 bridgehead atoms. The third-order valence-corrected chi connectivity index (χ3v) is 3.86. The topological polar surface area (TPSA) is 72.5 Å². The largest absolute Gasteiger partial charge is 0.468 e. The van der Waals surface area contributed by atoms with Gasteiger partial charge in [0.05, 0.1) is 7.11 Å². The summed E-state index contributed by atoms with van der Waals surface area (Å²) in [7, 11) is -3.23. The van der Waals surface area contributed by atoms with Crippen molar-refractivity contribution in [2.45, 2.75) is 10.3 Å². The molecule has 19 heavy (non-hydrogen) atoms. The number of halogens is 3. The summed E-state index contributed by atoms with van der Waals surface area (Å²) in [6.07, 6.45) is 0. The molecule has 0 heterocycles. The van der Waals surface area contributed by atoms with E-state index in [0.29, 0.717) is 12.1 Å². The van der Waals surface area contributed by atoms with Crippen LogP contribution in [0.4, 0.5) is 8.78 Å². The highest BCUT2D eigenvalue weighted by Gasteiger charge is 2.23. The smallest absolute Gasteiger partial charge is 0.325 e. The van der Waals surface area contributed by atoms with E-state index in [2.05, 4.69) is 4.74 Å². The van der Waals surface area contributed by atoms with Crippen molar-refractivity contribution in [3.05, 3.63) is 29.8 Å². The molecule has 0 fully saturated rings. The molecule has 5 nitrogen and oxygen atoms in total. The number of hydrogen-bond donors (Lipinski definition) is 1. The maximum Gasteiger partial charge on any atom is 0.325 e. The third kappa shape index (κ3) is 4.12. The number of sulfonamides is 1. The van der Waals surface area contributed by atoms with Crippen molar-refractivity contribution >= 4 is 27.6 Å². The van der Waals surface area contributed by atoms with Crippen LogP contribution in [0.5, 0.6) is 0 Å². The van der Waals surface area contributed by atoms with Gasteiger partial charge in [-0.2, -0.15) is 0 Å². The molecule has 0 aliphatic heterocycles. The number of benzene rings is 1. The van der Waals surface area contributed by atoms with Gasteiger partial charge in [-0.3, -0.25) is 4.79 Å². The Morgan fingerprint density at radius 3 is 2.68 bits per heavy atom. The van der Waals surface area contributed by atoms with Crippen LogP contribution in [0, 0.1) is 11.6 Å². The number of carbonyl (C=O) groups excluding carboxylic acids is 1. The number of ether oxygens (including phenoxy) is 1. The van der Waals surface area contributed by atoms with Crippen LogP contribution in [-0.4, -0.2) is 33.4 Å². The Labute approximate surface area is 113 Å². The molecular formula is C10H10ClF2NO4S. The summed E-state index contributed by atoms with van der Waals surface area (Å²) in [5, 5.41) is -1.27. The van der Waals surface area contributed by atoms with Gasteiger partial charge < -0.3 is 4.74 Å². The van der Waals surface area contributed by atoms with E-state index in [1.165, 1.54) is 0 Å². The molecule has 0 saturated heterocycles. The van der Waals surface area contributed by atoms with Gasteiger partial charge in [0.15, 0.2) is 0 Å². The fourth-order valence-corrected chi connectivity index (χ4v) is 2.55. The summed E-state index contributed by atoms with van der Waals surface area (Å²) in [5.74, 6) is -2.86. The molecule has 106 valence electrons. The SMILES string of the molecule is COC(=O)C(Cl)CNS(=O)(=O)c1cc(F)ccc1F. The van der Waals surface area contributed by atoms with Gasteiger partial charge >= 0.3 is 5.97 Å². The number of nitrogens with one attached hydrogen (secondary N) is 1. The van der Waals surface area contributed by atoms with Crippen molar-refractivity contribution in [1.82, 2.24) is 4.72 Å². The van der Waals surface area contributed by atoms with Gasteiger partial charge in [-0.15, -0.1) is 11.6 Å². The van der Waals surface area contributed by atoms with E-state index in [0.717, 1.165) is 13.2 Å². The number of hydrogen-bond acceptors (Lipinski definition) is 4. The molecule has 0 amide bonds. The zero-order chi connectivity index (χ0) is 14.6. The van der Waals surface area contributed by atoms with Gasteiger partial charge in [-0.1, -0.05) is 0 Å². The van der Waals surface area contributed by atoms with E-state index in [4.69, 9.17) is 11.6 Å². The molecule has 0 aliphatic carbocycles. The predicted molar refractivity (Wildman–Crippen MR) is 63.2 cm³/mol. The number of alkyl halides is 1. The van der Waals surface area contributed by atoms with Gasteiger partial charge in [0.1, 0.15) is 21.9 Å². The predicted octanol–water partition coefficient (Wildman–Crippen LogP) is 1.02. The molecule has 1 atom stereocenters. The summed E-state index contributed by atoms with van der Waals surface area (Å²) >= 11 is 5.53. The van der Waals surface area contributed by atoms with Crippen LogP contribution in [0.15, 0.2) is 23.1 Å². The molecule has 1 N–H and O–H groups in total. The lowest BCUT2D eigenvalue weighted by Crippen LogP contribution is -2.34. The second-order valence-electron chi connectivity index (χ2n) is 3.42. The molecule has 0 aromatic heterocycles. The van der Waals surface area contributed by atoms with Crippen LogP contribution in [0.25, 0.3) is 0 Å². The maximum absolute atomic E-state index is 13.3. The summed E-state index contributed by atoms with van der Waals surface area (Å²) < 4.78 is 55.8. The lowest BCUT2D eigenvalue weighted by Gasteiger charge is -2.10. The first-order chi connectivity index (χ1) is 8.77. The molecule has 9 heteroatoms. The minimum Gasteiger partial charge on any atom is -0.468 e. The van der Waals surface area contributed by atoms with Gasteiger partial charge in [-0.05, 0) is 18.2 Å². The molecular weight excluding hydrogens is 304 g/mol. The summed E-state index contributed by atoms with van der Waals surface area (Å²) in [4.78, 5) is 10.1. The van der Waals surface area contributed by atoms with Crippen molar-refractivity contribution in [3.63, 3.8) is 0 Å². The fourth-order valence-electron chi connectivity index (χ4n) is 1.15. The monoisotopic (exact) mass is 313 g/mol. The van der Waals surface area contributed by atoms with Crippen LogP contribution in [0.3, 0.4) is 0 Å². The zero-order valence-electron chi connectivity index (χ0n) is 9.69. The number of carbonyl (C=O) groups is 1. The lowest BCUT2D eigenvalue weighted by atomic mass is 10.3. The minimum absolute atomic E-state index is 0.507. The first kappa shape index (κ1) is 15.8. The second-order valence-corrected chi connectivity index (χ2v) is 5.68. The molecule has 0 radical (unpaired) electrons. The Balaban J connectivity index is 2.87. The van der Waals surface area contributed by atoms with E-state index < -0.39 is 44.4 Å². The quantitative estimate of drug-likeness (QED) is 0.651. The molecule has 0 aliphatic rings. The van der Waals surface area contributed by atoms with E-state index in [9.17, 15) is 22.0 Å². The van der Waals surface area contributed by atoms with Gasteiger partial charge in [0, 0.05) is 6.54 Å². The Bertz CT molecular complexity index is 579. The molecule has 1 aromatic rings.